The van der Waals surface area contributed by atoms with E-state index in [0.717, 1.165) is 11.3 Å². The summed E-state index contributed by atoms with van der Waals surface area (Å²) >= 11 is 7.22. The van der Waals surface area contributed by atoms with Crippen LogP contribution in [0.15, 0.2) is 41.8 Å². The van der Waals surface area contributed by atoms with E-state index in [-0.39, 0.29) is 11.7 Å². The number of hydrogen-bond donors (Lipinski definition) is 1. The Morgan fingerprint density at radius 2 is 2.04 bits per heavy atom. The van der Waals surface area contributed by atoms with Gasteiger partial charge in [0.1, 0.15) is 12.1 Å². The first-order chi connectivity index (χ1) is 11.5. The molecule has 0 aliphatic carbocycles. The lowest BCUT2D eigenvalue weighted by atomic mass is 10.1. The molecule has 0 radical (unpaired) electrons. The minimum Gasteiger partial charge on any atom is -0.312 e. The first-order valence-electron chi connectivity index (χ1n) is 7.09. The Balaban J connectivity index is 1.66. The van der Waals surface area contributed by atoms with Crippen molar-refractivity contribution in [2.24, 2.45) is 14.1 Å². The average molecular weight is 363 g/mol. The normalized spacial score (nSPS) is 10.8. The number of carbonyl (C=O) groups excluding carboxylic acids is 1. The van der Waals surface area contributed by atoms with Gasteiger partial charge < -0.3 is 9.88 Å². The molecule has 0 saturated carbocycles. The quantitative estimate of drug-likeness (QED) is 0.706. The van der Waals surface area contributed by atoms with E-state index in [1.165, 1.54) is 11.8 Å². The van der Waals surface area contributed by atoms with E-state index in [0.29, 0.717) is 16.0 Å². The van der Waals surface area contributed by atoms with Crippen LogP contribution in [-0.4, -0.2) is 36.2 Å². The van der Waals surface area contributed by atoms with Gasteiger partial charge in [-0.05, 0) is 12.1 Å². The van der Waals surface area contributed by atoms with E-state index in [4.69, 9.17) is 11.6 Å². The summed E-state index contributed by atoms with van der Waals surface area (Å²) in [6.45, 7) is 0. The molecule has 0 saturated heterocycles. The van der Waals surface area contributed by atoms with Crippen molar-refractivity contribution in [3.8, 4) is 11.3 Å². The number of rotatable bonds is 5. The summed E-state index contributed by atoms with van der Waals surface area (Å²) in [5, 5.41) is 16.3. The van der Waals surface area contributed by atoms with Gasteiger partial charge >= 0.3 is 0 Å². The largest absolute Gasteiger partial charge is 0.312 e. The van der Waals surface area contributed by atoms with Crippen molar-refractivity contribution in [3.05, 3.63) is 41.7 Å². The number of carbonyl (C=O) groups is 1. The molecule has 3 aromatic rings. The summed E-state index contributed by atoms with van der Waals surface area (Å²) in [7, 11) is 3.62. The molecule has 124 valence electrons. The van der Waals surface area contributed by atoms with Crippen LogP contribution in [0.1, 0.15) is 0 Å². The van der Waals surface area contributed by atoms with E-state index >= 15 is 0 Å². The molecule has 2 heterocycles. The molecule has 0 spiro atoms. The second-order valence-corrected chi connectivity index (χ2v) is 6.49. The average Bonchev–Trinajstić information content (AvgIpc) is 3.12. The zero-order valence-corrected chi connectivity index (χ0v) is 14.7. The number of anilines is 1. The van der Waals surface area contributed by atoms with Crippen molar-refractivity contribution in [1.82, 2.24) is 24.5 Å². The van der Waals surface area contributed by atoms with Crippen LogP contribution in [0.2, 0.25) is 5.02 Å². The van der Waals surface area contributed by atoms with Crippen LogP contribution in [0.25, 0.3) is 11.3 Å². The van der Waals surface area contributed by atoms with Crippen molar-refractivity contribution < 1.29 is 4.79 Å². The second-order valence-electron chi connectivity index (χ2n) is 5.11. The fourth-order valence-corrected chi connectivity index (χ4v) is 2.87. The van der Waals surface area contributed by atoms with Crippen molar-refractivity contribution in [1.29, 1.82) is 0 Å². The molecule has 1 N–H and O–H groups in total. The monoisotopic (exact) mass is 362 g/mol. The molecule has 3 rings (SSSR count). The van der Waals surface area contributed by atoms with Gasteiger partial charge in [-0.25, -0.2) is 0 Å². The molecular formula is C15H15ClN6OS. The van der Waals surface area contributed by atoms with Crippen molar-refractivity contribution in [2.45, 2.75) is 5.16 Å². The molecule has 24 heavy (non-hydrogen) atoms. The highest BCUT2D eigenvalue weighted by Gasteiger charge is 2.12. The molecular weight excluding hydrogens is 348 g/mol. The molecule has 0 aliphatic rings. The van der Waals surface area contributed by atoms with Crippen molar-refractivity contribution >= 4 is 35.1 Å². The predicted molar refractivity (Wildman–Crippen MR) is 94.0 cm³/mol. The molecule has 2 aromatic heterocycles. The van der Waals surface area contributed by atoms with E-state index < -0.39 is 0 Å². The number of nitrogens with zero attached hydrogens (tertiary/aromatic N) is 5. The number of benzene rings is 1. The first kappa shape index (κ1) is 16.5. The third kappa shape index (κ3) is 3.77. The Kier molecular flexibility index (Phi) is 4.86. The van der Waals surface area contributed by atoms with Gasteiger partial charge in [-0.1, -0.05) is 35.5 Å². The highest BCUT2D eigenvalue weighted by atomic mass is 35.5. The summed E-state index contributed by atoms with van der Waals surface area (Å²) in [6.07, 6.45) is 1.60. The third-order valence-electron chi connectivity index (χ3n) is 3.29. The minimum atomic E-state index is -0.131. The minimum absolute atomic E-state index is 0.131. The van der Waals surface area contributed by atoms with Gasteiger partial charge in [-0.3, -0.25) is 9.48 Å². The maximum atomic E-state index is 12.1. The Bertz CT molecular complexity index is 857. The smallest absolute Gasteiger partial charge is 0.235 e. The number of nitrogens with one attached hydrogen (secondary N) is 1. The highest BCUT2D eigenvalue weighted by molar-refractivity contribution is 7.99. The van der Waals surface area contributed by atoms with Gasteiger partial charge in [0, 0.05) is 30.7 Å². The summed E-state index contributed by atoms with van der Waals surface area (Å²) < 4.78 is 3.40. The molecule has 0 unspecified atom stereocenters. The van der Waals surface area contributed by atoms with E-state index in [2.05, 4.69) is 20.6 Å². The number of halogens is 1. The van der Waals surface area contributed by atoms with Crippen LogP contribution >= 0.6 is 23.4 Å². The number of aromatic nitrogens is 5. The summed E-state index contributed by atoms with van der Waals surface area (Å²) in [5.41, 5.74) is 1.70. The molecule has 9 heteroatoms. The van der Waals surface area contributed by atoms with Crippen LogP contribution in [0.3, 0.4) is 0 Å². The van der Waals surface area contributed by atoms with Gasteiger partial charge in [-0.2, -0.15) is 5.10 Å². The molecule has 0 atom stereocenters. The fourth-order valence-electron chi connectivity index (χ4n) is 2.06. The number of amides is 1. The second kappa shape index (κ2) is 7.06. The predicted octanol–water partition coefficient (Wildman–Crippen LogP) is 2.60. The number of thioether (sulfide) groups is 1. The zero-order valence-electron chi connectivity index (χ0n) is 13.1. The van der Waals surface area contributed by atoms with Crippen LogP contribution in [-0.2, 0) is 18.9 Å². The Labute approximate surface area is 148 Å². The molecule has 0 fully saturated rings. The van der Waals surface area contributed by atoms with Gasteiger partial charge in [0.2, 0.25) is 5.91 Å². The third-order valence-corrected chi connectivity index (χ3v) is 4.58. The summed E-state index contributed by atoms with van der Waals surface area (Å²) in [5.74, 6) is 0.741. The molecule has 7 nitrogen and oxygen atoms in total. The summed E-state index contributed by atoms with van der Waals surface area (Å²) in [4.78, 5) is 12.1. The number of hydrogen-bond acceptors (Lipinski definition) is 5. The van der Waals surface area contributed by atoms with Crippen molar-refractivity contribution in [3.63, 3.8) is 0 Å². The maximum Gasteiger partial charge on any atom is 0.235 e. The van der Waals surface area contributed by atoms with Crippen LogP contribution in [0.4, 0.5) is 5.82 Å². The standard InChI is InChI=1S/C15H15ClN6OS/c1-21-9-17-19-15(21)24-8-14(23)18-13-7-12(20-22(13)2)10-3-5-11(16)6-4-10/h3-7,9H,8H2,1-2H3,(H,18,23). The SMILES string of the molecule is Cn1cnnc1SCC(=O)Nc1cc(-c2ccc(Cl)cc2)nn1C. The fraction of sp³-hybridized carbons (Fsp3) is 0.200. The first-order valence-corrected chi connectivity index (χ1v) is 8.46. The lowest BCUT2D eigenvalue weighted by molar-refractivity contribution is -0.113. The topological polar surface area (TPSA) is 77.6 Å². The van der Waals surface area contributed by atoms with Gasteiger partial charge in [-0.15, -0.1) is 10.2 Å². The lowest BCUT2D eigenvalue weighted by Crippen LogP contribution is -2.16. The Morgan fingerprint density at radius 1 is 1.29 bits per heavy atom. The number of aryl methyl sites for hydroxylation is 2. The van der Waals surface area contributed by atoms with E-state index in [1.807, 2.05) is 25.2 Å². The van der Waals surface area contributed by atoms with E-state index in [9.17, 15) is 4.79 Å². The van der Waals surface area contributed by atoms with Crippen molar-refractivity contribution in [2.75, 3.05) is 11.1 Å². The zero-order chi connectivity index (χ0) is 17.1. The Morgan fingerprint density at radius 3 is 2.71 bits per heavy atom. The van der Waals surface area contributed by atoms with Crippen LogP contribution in [0.5, 0.6) is 0 Å². The van der Waals surface area contributed by atoms with Gasteiger partial charge in [0.25, 0.3) is 0 Å². The molecule has 1 amide bonds. The van der Waals surface area contributed by atoms with Gasteiger partial charge in [0.15, 0.2) is 5.16 Å². The molecule has 1 aromatic carbocycles. The van der Waals surface area contributed by atoms with Crippen LogP contribution in [0, 0.1) is 0 Å². The molecule has 0 bridgehead atoms. The Hall–Kier alpha value is -2.32. The van der Waals surface area contributed by atoms with Crippen LogP contribution < -0.4 is 5.32 Å². The van der Waals surface area contributed by atoms with Gasteiger partial charge in [0.05, 0.1) is 11.4 Å². The highest BCUT2D eigenvalue weighted by Crippen LogP contribution is 2.23. The van der Waals surface area contributed by atoms with E-state index in [1.54, 1.807) is 34.8 Å². The maximum absolute atomic E-state index is 12.1. The summed E-state index contributed by atoms with van der Waals surface area (Å²) in [6, 6.07) is 9.22. The molecule has 0 aliphatic heterocycles. The lowest BCUT2D eigenvalue weighted by Gasteiger charge is -2.04.